The third kappa shape index (κ3) is 2.68. The van der Waals surface area contributed by atoms with Crippen LogP contribution in [-0.2, 0) is 0 Å². The Balaban J connectivity index is 2.32. The van der Waals surface area contributed by atoms with Crippen molar-refractivity contribution in [3.63, 3.8) is 0 Å². The minimum absolute atomic E-state index is 0.383. The zero-order valence-corrected chi connectivity index (χ0v) is 10.0. The maximum Gasteiger partial charge on any atom is 0.163 e. The minimum atomic E-state index is 0.383. The minimum Gasteiger partial charge on any atom is -0.454 e. The van der Waals surface area contributed by atoms with Gasteiger partial charge in [0.1, 0.15) is 11.8 Å². The highest BCUT2D eigenvalue weighted by atomic mass is 35.5. The SMILES string of the molecule is N#Cc1ccncc1Oc1ccc(Cl)c(Cl)c1. The second kappa shape index (κ2) is 5.05. The number of ether oxygens (including phenoxy) is 1. The summed E-state index contributed by atoms with van der Waals surface area (Å²) in [6, 6.07) is 8.47. The molecule has 0 fully saturated rings. The number of aromatic nitrogens is 1. The van der Waals surface area contributed by atoms with Crippen LogP contribution in [0.15, 0.2) is 36.7 Å². The van der Waals surface area contributed by atoms with Gasteiger partial charge < -0.3 is 4.74 Å². The van der Waals surface area contributed by atoms with Crippen LogP contribution in [0.1, 0.15) is 5.56 Å². The van der Waals surface area contributed by atoms with Crippen molar-refractivity contribution in [3.8, 4) is 17.6 Å². The lowest BCUT2D eigenvalue weighted by Gasteiger charge is -2.07. The molecule has 0 spiro atoms. The molecule has 2 rings (SSSR count). The van der Waals surface area contributed by atoms with Gasteiger partial charge in [0.05, 0.1) is 21.8 Å². The van der Waals surface area contributed by atoms with Gasteiger partial charge in [-0.3, -0.25) is 4.98 Å². The van der Waals surface area contributed by atoms with Gasteiger partial charge in [0.15, 0.2) is 5.75 Å². The second-order valence-electron chi connectivity index (χ2n) is 3.16. The van der Waals surface area contributed by atoms with Crippen LogP contribution < -0.4 is 4.74 Å². The van der Waals surface area contributed by atoms with E-state index in [4.69, 9.17) is 33.2 Å². The van der Waals surface area contributed by atoms with Gasteiger partial charge in [-0.15, -0.1) is 0 Å². The van der Waals surface area contributed by atoms with Crippen LogP contribution in [0.5, 0.6) is 11.5 Å². The third-order valence-electron chi connectivity index (χ3n) is 2.02. The van der Waals surface area contributed by atoms with Crippen LogP contribution in [0.3, 0.4) is 0 Å². The molecule has 0 radical (unpaired) electrons. The van der Waals surface area contributed by atoms with E-state index >= 15 is 0 Å². The first-order valence-corrected chi connectivity index (χ1v) is 5.43. The number of nitriles is 1. The van der Waals surface area contributed by atoms with Gasteiger partial charge >= 0.3 is 0 Å². The average molecular weight is 265 g/mol. The molecule has 0 amide bonds. The molecule has 17 heavy (non-hydrogen) atoms. The number of rotatable bonds is 2. The largest absolute Gasteiger partial charge is 0.454 e. The Morgan fingerprint density at radius 1 is 1.18 bits per heavy atom. The zero-order valence-electron chi connectivity index (χ0n) is 8.52. The summed E-state index contributed by atoms with van der Waals surface area (Å²) in [5.74, 6) is 0.886. The fraction of sp³-hybridized carbons (Fsp3) is 0. The van der Waals surface area contributed by atoms with Crippen molar-refractivity contribution < 1.29 is 4.74 Å². The number of hydrogen-bond donors (Lipinski definition) is 0. The molecule has 3 nitrogen and oxygen atoms in total. The van der Waals surface area contributed by atoms with E-state index in [0.717, 1.165) is 0 Å². The molecule has 5 heteroatoms. The lowest BCUT2D eigenvalue weighted by Crippen LogP contribution is -1.89. The van der Waals surface area contributed by atoms with Gasteiger partial charge in [-0.25, -0.2) is 0 Å². The Bertz CT molecular complexity index is 593. The van der Waals surface area contributed by atoms with Crippen molar-refractivity contribution in [1.29, 1.82) is 5.26 Å². The molecule has 0 aliphatic heterocycles. The molecule has 0 saturated heterocycles. The van der Waals surface area contributed by atoms with E-state index in [1.54, 1.807) is 24.3 Å². The molecular formula is C12H6Cl2N2O. The van der Waals surface area contributed by atoms with Crippen molar-refractivity contribution in [3.05, 3.63) is 52.3 Å². The fourth-order valence-corrected chi connectivity index (χ4v) is 1.51. The Kier molecular flexibility index (Phi) is 3.48. The van der Waals surface area contributed by atoms with Gasteiger partial charge in [-0.05, 0) is 18.2 Å². The average Bonchev–Trinajstić information content (AvgIpc) is 2.34. The van der Waals surface area contributed by atoms with Crippen LogP contribution in [-0.4, -0.2) is 4.98 Å². The fourth-order valence-electron chi connectivity index (χ4n) is 1.22. The molecule has 2 aromatic rings. The summed E-state index contributed by atoms with van der Waals surface area (Å²) in [7, 11) is 0. The van der Waals surface area contributed by atoms with E-state index in [2.05, 4.69) is 4.98 Å². The maximum atomic E-state index is 8.89. The molecular weight excluding hydrogens is 259 g/mol. The van der Waals surface area contributed by atoms with Crippen LogP contribution in [0.2, 0.25) is 10.0 Å². The van der Waals surface area contributed by atoms with Gasteiger partial charge in [-0.1, -0.05) is 23.2 Å². The first-order valence-electron chi connectivity index (χ1n) is 4.67. The molecule has 1 heterocycles. The molecule has 1 aromatic heterocycles. The molecule has 0 unspecified atom stereocenters. The van der Waals surface area contributed by atoms with Crippen LogP contribution in [0.4, 0.5) is 0 Å². The number of pyridine rings is 1. The highest BCUT2D eigenvalue weighted by molar-refractivity contribution is 6.42. The molecule has 0 saturated carbocycles. The van der Waals surface area contributed by atoms with Crippen LogP contribution in [0, 0.1) is 11.3 Å². The molecule has 1 aromatic carbocycles. The Labute approximate surface area is 108 Å². The van der Waals surface area contributed by atoms with Crippen molar-refractivity contribution in [2.45, 2.75) is 0 Å². The van der Waals surface area contributed by atoms with Crippen LogP contribution in [0.25, 0.3) is 0 Å². The quantitative estimate of drug-likeness (QED) is 0.822. The Morgan fingerprint density at radius 3 is 2.71 bits per heavy atom. The predicted octanol–water partition coefficient (Wildman–Crippen LogP) is 4.05. The summed E-state index contributed by atoms with van der Waals surface area (Å²) in [6.07, 6.45) is 3.00. The summed E-state index contributed by atoms with van der Waals surface area (Å²) in [5, 5.41) is 9.73. The van der Waals surface area contributed by atoms with E-state index in [1.165, 1.54) is 12.4 Å². The lowest BCUT2D eigenvalue weighted by molar-refractivity contribution is 0.478. The monoisotopic (exact) mass is 264 g/mol. The van der Waals surface area contributed by atoms with Gasteiger partial charge in [0.25, 0.3) is 0 Å². The standard InChI is InChI=1S/C12H6Cl2N2O/c13-10-2-1-9(5-11(10)14)17-12-7-16-4-3-8(12)6-15/h1-5,7H. The Morgan fingerprint density at radius 2 is 2.00 bits per heavy atom. The normalized spacial score (nSPS) is 9.71. The molecule has 0 aliphatic carbocycles. The molecule has 0 aliphatic rings. The second-order valence-corrected chi connectivity index (χ2v) is 3.98. The lowest BCUT2D eigenvalue weighted by atomic mass is 10.2. The van der Waals surface area contributed by atoms with E-state index in [-0.39, 0.29) is 0 Å². The molecule has 84 valence electrons. The summed E-state index contributed by atoms with van der Waals surface area (Å²) in [6.45, 7) is 0. The van der Waals surface area contributed by atoms with Crippen molar-refractivity contribution >= 4 is 23.2 Å². The number of hydrogen-bond acceptors (Lipinski definition) is 3. The molecule has 0 N–H and O–H groups in total. The smallest absolute Gasteiger partial charge is 0.163 e. The van der Waals surface area contributed by atoms with E-state index in [0.29, 0.717) is 27.1 Å². The number of halogens is 2. The van der Waals surface area contributed by atoms with E-state index < -0.39 is 0 Å². The highest BCUT2D eigenvalue weighted by Gasteiger charge is 2.06. The van der Waals surface area contributed by atoms with Gasteiger partial charge in [0, 0.05) is 12.3 Å². The topological polar surface area (TPSA) is 45.9 Å². The maximum absolute atomic E-state index is 8.89. The van der Waals surface area contributed by atoms with Crippen molar-refractivity contribution in [2.24, 2.45) is 0 Å². The van der Waals surface area contributed by atoms with Gasteiger partial charge in [-0.2, -0.15) is 5.26 Å². The Hall–Kier alpha value is -1.76. The van der Waals surface area contributed by atoms with Gasteiger partial charge in [0.2, 0.25) is 0 Å². The summed E-state index contributed by atoms with van der Waals surface area (Å²) >= 11 is 11.7. The molecule has 0 bridgehead atoms. The zero-order chi connectivity index (χ0) is 12.3. The highest BCUT2D eigenvalue weighted by Crippen LogP contribution is 2.30. The predicted molar refractivity (Wildman–Crippen MR) is 65.5 cm³/mol. The third-order valence-corrected chi connectivity index (χ3v) is 2.76. The summed E-state index contributed by atoms with van der Waals surface area (Å²) < 4.78 is 5.51. The first-order chi connectivity index (χ1) is 8.20. The first kappa shape index (κ1) is 11.7. The van der Waals surface area contributed by atoms with Crippen LogP contribution >= 0.6 is 23.2 Å². The summed E-state index contributed by atoms with van der Waals surface area (Å²) in [5.41, 5.74) is 0.408. The number of benzene rings is 1. The summed E-state index contributed by atoms with van der Waals surface area (Å²) in [4.78, 5) is 3.89. The van der Waals surface area contributed by atoms with Crippen molar-refractivity contribution in [2.75, 3.05) is 0 Å². The van der Waals surface area contributed by atoms with E-state index in [1.807, 2.05) is 6.07 Å². The van der Waals surface area contributed by atoms with Crippen molar-refractivity contribution in [1.82, 2.24) is 4.98 Å². The number of nitrogens with zero attached hydrogens (tertiary/aromatic N) is 2. The van der Waals surface area contributed by atoms with E-state index in [9.17, 15) is 0 Å². The molecule has 0 atom stereocenters.